The molecule has 1 aromatic carbocycles. The zero-order valence-electron chi connectivity index (χ0n) is 11.2. The van der Waals surface area contributed by atoms with Gasteiger partial charge in [-0.25, -0.2) is 8.42 Å². The second-order valence-corrected chi connectivity index (χ2v) is 8.30. The molecular weight excluding hydrogens is 326 g/mol. The third-order valence-electron chi connectivity index (χ3n) is 3.53. The van der Waals surface area contributed by atoms with Crippen molar-refractivity contribution in [3.05, 3.63) is 34.3 Å². The van der Waals surface area contributed by atoms with Crippen LogP contribution in [0.4, 0.5) is 0 Å². The van der Waals surface area contributed by atoms with Crippen molar-refractivity contribution in [2.45, 2.75) is 32.4 Å². The first-order valence-electron chi connectivity index (χ1n) is 6.69. The van der Waals surface area contributed by atoms with Crippen LogP contribution in [-0.4, -0.2) is 37.4 Å². The monoisotopic (exact) mass is 345 g/mol. The van der Waals surface area contributed by atoms with E-state index in [2.05, 4.69) is 39.9 Å². The van der Waals surface area contributed by atoms with Crippen LogP contribution in [0.5, 0.6) is 0 Å². The SMILES string of the molecule is CCCN(Cc1ccc(Br)cc1)[C@@H]1CCS(=O)(=O)C1. The zero-order chi connectivity index (χ0) is 13.9. The van der Waals surface area contributed by atoms with Gasteiger partial charge in [-0.2, -0.15) is 0 Å². The van der Waals surface area contributed by atoms with Crippen LogP contribution >= 0.6 is 15.9 Å². The average Bonchev–Trinajstić information content (AvgIpc) is 2.72. The van der Waals surface area contributed by atoms with Crippen molar-refractivity contribution in [3.63, 3.8) is 0 Å². The molecule has 0 unspecified atom stereocenters. The molecule has 2 rings (SSSR count). The van der Waals surface area contributed by atoms with E-state index in [4.69, 9.17) is 0 Å². The third kappa shape index (κ3) is 4.29. The Bertz CT molecular complexity index is 513. The van der Waals surface area contributed by atoms with E-state index < -0.39 is 9.84 Å². The molecule has 1 aromatic rings. The van der Waals surface area contributed by atoms with Gasteiger partial charge in [0.1, 0.15) is 0 Å². The Hall–Kier alpha value is -0.390. The maximum absolute atomic E-state index is 11.6. The second kappa shape index (κ2) is 6.37. The van der Waals surface area contributed by atoms with Gasteiger partial charge in [0.25, 0.3) is 0 Å². The fraction of sp³-hybridized carbons (Fsp3) is 0.571. The first-order valence-corrected chi connectivity index (χ1v) is 9.30. The van der Waals surface area contributed by atoms with Gasteiger partial charge in [0.05, 0.1) is 11.5 Å². The molecule has 0 radical (unpaired) electrons. The Balaban J connectivity index is 2.06. The van der Waals surface area contributed by atoms with Crippen molar-refractivity contribution in [2.24, 2.45) is 0 Å². The average molecular weight is 346 g/mol. The zero-order valence-corrected chi connectivity index (χ0v) is 13.6. The standard InChI is InChI=1S/C14H20BrNO2S/c1-2-8-16(14-7-9-19(17,18)11-14)10-12-3-5-13(15)6-4-12/h3-6,14H,2,7-11H2,1H3/t14-/m1/s1. The summed E-state index contributed by atoms with van der Waals surface area (Å²) >= 11 is 3.43. The quantitative estimate of drug-likeness (QED) is 0.823. The van der Waals surface area contributed by atoms with E-state index >= 15 is 0 Å². The third-order valence-corrected chi connectivity index (χ3v) is 5.81. The molecule has 0 amide bonds. The molecular formula is C14H20BrNO2S. The Morgan fingerprint density at radius 2 is 2.00 bits per heavy atom. The first kappa shape index (κ1) is 15.0. The molecule has 0 aliphatic carbocycles. The fourth-order valence-electron chi connectivity index (χ4n) is 2.57. The number of sulfone groups is 1. The lowest BCUT2D eigenvalue weighted by atomic mass is 10.1. The predicted octanol–water partition coefficient (Wildman–Crippen LogP) is 2.85. The van der Waals surface area contributed by atoms with E-state index in [-0.39, 0.29) is 6.04 Å². The highest BCUT2D eigenvalue weighted by atomic mass is 79.9. The molecule has 1 heterocycles. The highest BCUT2D eigenvalue weighted by Crippen LogP contribution is 2.21. The van der Waals surface area contributed by atoms with Gasteiger partial charge in [-0.15, -0.1) is 0 Å². The van der Waals surface area contributed by atoms with Gasteiger partial charge >= 0.3 is 0 Å². The predicted molar refractivity (Wildman–Crippen MR) is 81.9 cm³/mol. The summed E-state index contributed by atoms with van der Waals surface area (Å²) in [6.45, 7) is 3.93. The topological polar surface area (TPSA) is 37.4 Å². The Morgan fingerprint density at radius 3 is 2.53 bits per heavy atom. The molecule has 0 N–H and O–H groups in total. The number of rotatable bonds is 5. The summed E-state index contributed by atoms with van der Waals surface area (Å²) in [6, 6.07) is 8.44. The van der Waals surface area contributed by atoms with Crippen LogP contribution in [0.3, 0.4) is 0 Å². The summed E-state index contributed by atoms with van der Waals surface area (Å²) in [5.41, 5.74) is 1.24. The summed E-state index contributed by atoms with van der Waals surface area (Å²) in [6.07, 6.45) is 1.83. The summed E-state index contributed by atoms with van der Waals surface area (Å²) in [5.74, 6) is 0.668. The number of nitrogens with zero attached hydrogens (tertiary/aromatic N) is 1. The van der Waals surface area contributed by atoms with Crippen LogP contribution in [0.15, 0.2) is 28.7 Å². The summed E-state index contributed by atoms with van der Waals surface area (Å²) < 4.78 is 24.3. The van der Waals surface area contributed by atoms with Crippen LogP contribution in [0.1, 0.15) is 25.3 Å². The van der Waals surface area contributed by atoms with Gasteiger partial charge in [0.15, 0.2) is 9.84 Å². The van der Waals surface area contributed by atoms with Gasteiger partial charge in [-0.1, -0.05) is 35.0 Å². The molecule has 3 nitrogen and oxygen atoms in total. The van der Waals surface area contributed by atoms with Crippen LogP contribution < -0.4 is 0 Å². The van der Waals surface area contributed by atoms with E-state index in [1.165, 1.54) is 5.56 Å². The van der Waals surface area contributed by atoms with Gasteiger partial charge in [-0.05, 0) is 37.1 Å². The van der Waals surface area contributed by atoms with Gasteiger partial charge in [0.2, 0.25) is 0 Å². The van der Waals surface area contributed by atoms with Crippen molar-refractivity contribution in [2.75, 3.05) is 18.1 Å². The number of benzene rings is 1. The number of halogens is 1. The second-order valence-electron chi connectivity index (χ2n) is 5.15. The largest absolute Gasteiger partial charge is 0.295 e. The smallest absolute Gasteiger partial charge is 0.151 e. The Labute approximate surface area is 124 Å². The molecule has 0 saturated carbocycles. The molecule has 1 aliphatic heterocycles. The molecule has 1 fully saturated rings. The van der Waals surface area contributed by atoms with Crippen LogP contribution in [0.25, 0.3) is 0 Å². The van der Waals surface area contributed by atoms with Crippen molar-refractivity contribution in [3.8, 4) is 0 Å². The minimum atomic E-state index is -2.81. The van der Waals surface area contributed by atoms with E-state index in [1.54, 1.807) is 0 Å². The first-order chi connectivity index (χ1) is 9.00. The minimum absolute atomic E-state index is 0.189. The molecule has 0 aromatic heterocycles. The van der Waals surface area contributed by atoms with Crippen LogP contribution in [0, 0.1) is 0 Å². The molecule has 0 spiro atoms. The van der Waals surface area contributed by atoms with E-state index in [1.807, 2.05) is 12.1 Å². The fourth-order valence-corrected chi connectivity index (χ4v) is 4.59. The highest BCUT2D eigenvalue weighted by molar-refractivity contribution is 9.10. The van der Waals surface area contributed by atoms with Crippen LogP contribution in [-0.2, 0) is 16.4 Å². The highest BCUT2D eigenvalue weighted by Gasteiger charge is 2.31. The normalized spacial score (nSPS) is 21.9. The van der Waals surface area contributed by atoms with E-state index in [0.29, 0.717) is 11.5 Å². The van der Waals surface area contributed by atoms with Crippen molar-refractivity contribution < 1.29 is 8.42 Å². The van der Waals surface area contributed by atoms with Crippen LogP contribution in [0.2, 0.25) is 0 Å². The molecule has 106 valence electrons. The molecule has 5 heteroatoms. The molecule has 19 heavy (non-hydrogen) atoms. The van der Waals surface area contributed by atoms with Gasteiger partial charge in [-0.3, -0.25) is 4.90 Å². The molecule has 1 saturated heterocycles. The summed E-state index contributed by atoms with van der Waals surface area (Å²) in [5, 5.41) is 0. The molecule has 0 bridgehead atoms. The van der Waals surface area contributed by atoms with Crippen molar-refractivity contribution in [1.29, 1.82) is 0 Å². The Kier molecular flexibility index (Phi) is 5.03. The number of hydrogen-bond acceptors (Lipinski definition) is 3. The van der Waals surface area contributed by atoms with E-state index in [0.717, 1.165) is 30.4 Å². The maximum Gasteiger partial charge on any atom is 0.151 e. The minimum Gasteiger partial charge on any atom is -0.295 e. The van der Waals surface area contributed by atoms with Gasteiger partial charge in [0, 0.05) is 17.1 Å². The van der Waals surface area contributed by atoms with Gasteiger partial charge < -0.3 is 0 Å². The maximum atomic E-state index is 11.6. The lowest BCUT2D eigenvalue weighted by molar-refractivity contribution is 0.204. The summed E-state index contributed by atoms with van der Waals surface area (Å²) in [7, 11) is -2.81. The van der Waals surface area contributed by atoms with Crippen molar-refractivity contribution in [1.82, 2.24) is 4.90 Å². The van der Waals surface area contributed by atoms with Crippen molar-refractivity contribution >= 4 is 25.8 Å². The number of hydrogen-bond donors (Lipinski definition) is 0. The summed E-state index contributed by atoms with van der Waals surface area (Å²) in [4.78, 5) is 2.31. The molecule has 1 atom stereocenters. The Morgan fingerprint density at radius 1 is 1.32 bits per heavy atom. The van der Waals surface area contributed by atoms with E-state index in [9.17, 15) is 8.42 Å². The lowest BCUT2D eigenvalue weighted by Crippen LogP contribution is -2.36. The molecule has 1 aliphatic rings. The lowest BCUT2D eigenvalue weighted by Gasteiger charge is -2.27.